The highest BCUT2D eigenvalue weighted by atomic mass is 32.1. The van der Waals surface area contributed by atoms with Gasteiger partial charge in [-0.25, -0.2) is 0 Å². The standard InChI is InChI=1S/C14H19N3S/c1-3-9-15-13(12-7-5-4-6-8-12)10-14-17-16-11(2)18-14/h4-8,13,15H,3,9-10H2,1-2H3. The van der Waals surface area contributed by atoms with Gasteiger partial charge in [0.2, 0.25) is 0 Å². The fraction of sp³-hybridized carbons (Fsp3) is 0.429. The predicted octanol–water partition coefficient (Wildman–Crippen LogP) is 3.13. The third kappa shape index (κ3) is 3.62. The Morgan fingerprint density at radius 3 is 2.61 bits per heavy atom. The lowest BCUT2D eigenvalue weighted by Gasteiger charge is -2.17. The Morgan fingerprint density at radius 1 is 1.22 bits per heavy atom. The van der Waals surface area contributed by atoms with Crippen LogP contribution >= 0.6 is 11.3 Å². The molecular weight excluding hydrogens is 242 g/mol. The van der Waals surface area contributed by atoms with Gasteiger partial charge in [0.1, 0.15) is 10.0 Å². The highest BCUT2D eigenvalue weighted by Gasteiger charge is 2.13. The molecule has 0 aliphatic rings. The topological polar surface area (TPSA) is 37.8 Å². The smallest absolute Gasteiger partial charge is 0.119 e. The molecule has 0 spiro atoms. The number of nitrogens with zero attached hydrogens (tertiary/aromatic N) is 2. The Balaban J connectivity index is 2.10. The van der Waals surface area contributed by atoms with Crippen LogP contribution in [0.2, 0.25) is 0 Å². The first kappa shape index (κ1) is 13.2. The van der Waals surface area contributed by atoms with Gasteiger partial charge < -0.3 is 5.32 Å². The second-order valence-electron chi connectivity index (χ2n) is 4.34. The van der Waals surface area contributed by atoms with E-state index in [0.29, 0.717) is 6.04 Å². The van der Waals surface area contributed by atoms with Crippen molar-refractivity contribution in [1.82, 2.24) is 15.5 Å². The summed E-state index contributed by atoms with van der Waals surface area (Å²) in [7, 11) is 0. The third-order valence-corrected chi connectivity index (χ3v) is 3.65. The van der Waals surface area contributed by atoms with E-state index < -0.39 is 0 Å². The van der Waals surface area contributed by atoms with Crippen molar-refractivity contribution in [2.75, 3.05) is 6.54 Å². The Labute approximate surface area is 112 Å². The largest absolute Gasteiger partial charge is 0.310 e. The highest BCUT2D eigenvalue weighted by Crippen LogP contribution is 2.20. The maximum atomic E-state index is 4.22. The average Bonchev–Trinajstić information content (AvgIpc) is 2.81. The van der Waals surface area contributed by atoms with E-state index in [2.05, 4.69) is 52.8 Å². The molecule has 96 valence electrons. The second kappa shape index (κ2) is 6.61. The van der Waals surface area contributed by atoms with Crippen LogP contribution in [-0.4, -0.2) is 16.7 Å². The van der Waals surface area contributed by atoms with Crippen LogP contribution in [0.5, 0.6) is 0 Å². The van der Waals surface area contributed by atoms with Gasteiger partial charge in [0.05, 0.1) is 0 Å². The molecular formula is C14H19N3S. The molecule has 1 heterocycles. The molecule has 18 heavy (non-hydrogen) atoms. The van der Waals surface area contributed by atoms with Gasteiger partial charge in [-0.3, -0.25) is 0 Å². The van der Waals surface area contributed by atoms with Crippen LogP contribution in [0.4, 0.5) is 0 Å². The quantitative estimate of drug-likeness (QED) is 0.868. The number of nitrogens with one attached hydrogen (secondary N) is 1. The molecule has 3 nitrogen and oxygen atoms in total. The van der Waals surface area contributed by atoms with E-state index >= 15 is 0 Å². The average molecular weight is 261 g/mol. The molecule has 0 fully saturated rings. The molecule has 0 bridgehead atoms. The first-order valence-electron chi connectivity index (χ1n) is 6.37. The molecule has 0 amide bonds. The molecule has 1 N–H and O–H groups in total. The first-order valence-corrected chi connectivity index (χ1v) is 7.18. The molecule has 0 radical (unpaired) electrons. The van der Waals surface area contributed by atoms with E-state index in [1.807, 2.05) is 6.92 Å². The number of rotatable bonds is 6. The fourth-order valence-corrected chi connectivity index (χ4v) is 2.66. The van der Waals surface area contributed by atoms with E-state index in [0.717, 1.165) is 29.4 Å². The fourth-order valence-electron chi connectivity index (χ4n) is 1.91. The van der Waals surface area contributed by atoms with Crippen molar-refractivity contribution >= 4 is 11.3 Å². The summed E-state index contributed by atoms with van der Waals surface area (Å²) in [4.78, 5) is 0. The third-order valence-electron chi connectivity index (χ3n) is 2.79. The molecule has 0 saturated carbocycles. The Kier molecular flexibility index (Phi) is 4.84. The van der Waals surface area contributed by atoms with Crippen molar-refractivity contribution in [1.29, 1.82) is 0 Å². The molecule has 1 atom stereocenters. The van der Waals surface area contributed by atoms with Gasteiger partial charge in [-0.15, -0.1) is 21.5 Å². The van der Waals surface area contributed by atoms with Gasteiger partial charge in [-0.2, -0.15) is 0 Å². The number of hydrogen-bond acceptors (Lipinski definition) is 4. The summed E-state index contributed by atoms with van der Waals surface area (Å²) in [6.07, 6.45) is 2.05. The van der Waals surface area contributed by atoms with Crippen molar-refractivity contribution in [2.45, 2.75) is 32.7 Å². The van der Waals surface area contributed by atoms with Crippen LogP contribution in [0.15, 0.2) is 30.3 Å². The van der Waals surface area contributed by atoms with Crippen molar-refractivity contribution in [3.63, 3.8) is 0 Å². The van der Waals surface area contributed by atoms with E-state index in [-0.39, 0.29) is 0 Å². The maximum Gasteiger partial charge on any atom is 0.119 e. The predicted molar refractivity (Wildman–Crippen MR) is 75.8 cm³/mol. The van der Waals surface area contributed by atoms with Gasteiger partial charge in [0, 0.05) is 12.5 Å². The van der Waals surface area contributed by atoms with Crippen molar-refractivity contribution in [2.24, 2.45) is 0 Å². The first-order chi connectivity index (χ1) is 8.79. The number of aryl methyl sites for hydroxylation is 1. The highest BCUT2D eigenvalue weighted by molar-refractivity contribution is 7.11. The van der Waals surface area contributed by atoms with Gasteiger partial charge in [-0.05, 0) is 25.5 Å². The van der Waals surface area contributed by atoms with Crippen LogP contribution in [0, 0.1) is 6.92 Å². The zero-order valence-corrected chi connectivity index (χ0v) is 11.7. The van der Waals surface area contributed by atoms with Crippen LogP contribution in [0.25, 0.3) is 0 Å². The van der Waals surface area contributed by atoms with Crippen molar-refractivity contribution in [3.8, 4) is 0 Å². The Bertz CT molecular complexity index is 467. The Hall–Kier alpha value is -1.26. The minimum atomic E-state index is 0.332. The minimum absolute atomic E-state index is 0.332. The van der Waals surface area contributed by atoms with Crippen LogP contribution in [0.1, 0.15) is 35.0 Å². The lowest BCUT2D eigenvalue weighted by molar-refractivity contribution is 0.527. The summed E-state index contributed by atoms with van der Waals surface area (Å²) in [5, 5.41) is 14.0. The van der Waals surface area contributed by atoms with E-state index in [9.17, 15) is 0 Å². The summed E-state index contributed by atoms with van der Waals surface area (Å²) in [5.41, 5.74) is 1.32. The molecule has 1 unspecified atom stereocenters. The summed E-state index contributed by atoms with van der Waals surface area (Å²) in [6, 6.07) is 10.9. The Morgan fingerprint density at radius 2 is 2.00 bits per heavy atom. The van der Waals surface area contributed by atoms with Crippen LogP contribution in [0.3, 0.4) is 0 Å². The molecule has 1 aromatic heterocycles. The lowest BCUT2D eigenvalue weighted by Crippen LogP contribution is -2.24. The number of aromatic nitrogens is 2. The molecule has 1 aromatic carbocycles. The summed E-state index contributed by atoms with van der Waals surface area (Å²) >= 11 is 1.68. The van der Waals surface area contributed by atoms with E-state index in [1.54, 1.807) is 11.3 Å². The monoisotopic (exact) mass is 261 g/mol. The van der Waals surface area contributed by atoms with Crippen LogP contribution < -0.4 is 5.32 Å². The maximum absolute atomic E-state index is 4.22. The van der Waals surface area contributed by atoms with E-state index in [4.69, 9.17) is 0 Å². The molecule has 0 saturated heterocycles. The van der Waals surface area contributed by atoms with Gasteiger partial charge in [-0.1, -0.05) is 37.3 Å². The molecule has 2 rings (SSSR count). The molecule has 4 heteroatoms. The van der Waals surface area contributed by atoms with Crippen LogP contribution in [-0.2, 0) is 6.42 Å². The summed E-state index contributed by atoms with van der Waals surface area (Å²) in [5.74, 6) is 0. The second-order valence-corrected chi connectivity index (χ2v) is 5.60. The number of benzene rings is 1. The number of hydrogen-bond donors (Lipinski definition) is 1. The minimum Gasteiger partial charge on any atom is -0.310 e. The zero-order chi connectivity index (χ0) is 12.8. The van der Waals surface area contributed by atoms with Gasteiger partial charge in [0.25, 0.3) is 0 Å². The van der Waals surface area contributed by atoms with Crippen molar-refractivity contribution in [3.05, 3.63) is 45.9 Å². The van der Waals surface area contributed by atoms with Gasteiger partial charge >= 0.3 is 0 Å². The zero-order valence-electron chi connectivity index (χ0n) is 10.9. The SMILES string of the molecule is CCCNC(Cc1nnc(C)s1)c1ccccc1. The lowest BCUT2D eigenvalue weighted by atomic mass is 10.0. The molecule has 0 aliphatic heterocycles. The summed E-state index contributed by atoms with van der Waals surface area (Å²) in [6.45, 7) is 5.21. The van der Waals surface area contributed by atoms with E-state index in [1.165, 1.54) is 5.56 Å². The molecule has 2 aromatic rings. The normalized spacial score (nSPS) is 12.6. The van der Waals surface area contributed by atoms with Gasteiger partial charge in [0.15, 0.2) is 0 Å². The molecule has 0 aliphatic carbocycles. The van der Waals surface area contributed by atoms with Crippen molar-refractivity contribution < 1.29 is 0 Å². The summed E-state index contributed by atoms with van der Waals surface area (Å²) < 4.78 is 0.